The smallest absolute Gasteiger partial charge is 0.212 e. The molecule has 0 unspecified atom stereocenters. The second kappa shape index (κ2) is 5.07. The highest BCUT2D eigenvalue weighted by Crippen LogP contribution is 2.17. The van der Waals surface area contributed by atoms with Gasteiger partial charge in [-0.1, -0.05) is 29.5 Å². The van der Waals surface area contributed by atoms with Crippen LogP contribution in [0.4, 0.5) is 4.39 Å². The molecule has 0 aliphatic rings. The van der Waals surface area contributed by atoms with Crippen molar-refractivity contribution in [3.8, 4) is 0 Å². The lowest BCUT2D eigenvalue weighted by Gasteiger charge is -1.99. The number of nitrogens with two attached hydrogens (primary N) is 1. The van der Waals surface area contributed by atoms with Crippen LogP contribution in [0.2, 0.25) is 0 Å². The lowest BCUT2D eigenvalue weighted by molar-refractivity contribution is 0.608. The van der Waals surface area contributed by atoms with Crippen LogP contribution in [0, 0.1) is 5.82 Å². The van der Waals surface area contributed by atoms with Gasteiger partial charge < -0.3 is 5.73 Å². The molecule has 0 atom stereocenters. The van der Waals surface area contributed by atoms with Gasteiger partial charge in [-0.3, -0.25) is 0 Å². The Morgan fingerprint density at radius 1 is 1.26 bits per heavy atom. The van der Waals surface area contributed by atoms with Crippen molar-refractivity contribution in [2.45, 2.75) is 19.4 Å². The quantitative estimate of drug-likeness (QED) is 0.794. The van der Waals surface area contributed by atoms with Crippen LogP contribution >= 0.6 is 11.3 Å². The van der Waals surface area contributed by atoms with Crippen molar-refractivity contribution in [3.63, 3.8) is 0 Å². The van der Waals surface area contributed by atoms with Crippen LogP contribution in [-0.4, -0.2) is 14.6 Å². The Morgan fingerprint density at radius 2 is 2.11 bits per heavy atom. The average Bonchev–Trinajstić information content (AvgIpc) is 2.95. The van der Waals surface area contributed by atoms with Gasteiger partial charge in [-0.25, -0.2) is 13.9 Å². The van der Waals surface area contributed by atoms with E-state index in [1.165, 1.54) is 17.4 Å². The number of halogens is 1. The van der Waals surface area contributed by atoms with Crippen LogP contribution in [0.1, 0.15) is 16.3 Å². The number of fused-ring (bicyclic) bond motifs is 1. The van der Waals surface area contributed by atoms with Gasteiger partial charge in [-0.2, -0.15) is 5.10 Å². The number of hydrogen-bond acceptors (Lipinski definition) is 4. The summed E-state index contributed by atoms with van der Waals surface area (Å²) in [5.74, 6) is -0.158. The van der Waals surface area contributed by atoms with E-state index >= 15 is 0 Å². The molecule has 0 radical (unpaired) electrons. The Morgan fingerprint density at radius 3 is 2.84 bits per heavy atom. The van der Waals surface area contributed by atoms with Gasteiger partial charge in [0.2, 0.25) is 4.96 Å². The fourth-order valence-electron chi connectivity index (χ4n) is 1.93. The van der Waals surface area contributed by atoms with Crippen LogP contribution < -0.4 is 5.73 Å². The number of hydrogen-bond donors (Lipinski definition) is 1. The number of nitrogens with zero attached hydrogens (tertiary/aromatic N) is 3. The van der Waals surface area contributed by atoms with E-state index in [1.807, 2.05) is 12.3 Å². The Balaban J connectivity index is 1.75. The largest absolute Gasteiger partial charge is 0.325 e. The van der Waals surface area contributed by atoms with Gasteiger partial charge in [0.1, 0.15) is 10.8 Å². The van der Waals surface area contributed by atoms with Crippen molar-refractivity contribution in [2.24, 2.45) is 5.73 Å². The maximum atomic E-state index is 13.5. The highest BCUT2D eigenvalue weighted by molar-refractivity contribution is 7.16. The molecule has 1 aromatic carbocycles. The van der Waals surface area contributed by atoms with Crippen LogP contribution in [0.3, 0.4) is 0 Å². The van der Waals surface area contributed by atoms with E-state index in [1.54, 1.807) is 16.6 Å². The fraction of sp³-hybridized carbons (Fsp3) is 0.231. The van der Waals surface area contributed by atoms with E-state index in [2.05, 4.69) is 10.1 Å². The zero-order valence-electron chi connectivity index (χ0n) is 10.2. The minimum atomic E-state index is -0.158. The van der Waals surface area contributed by atoms with E-state index in [4.69, 9.17) is 5.73 Å². The number of imidazole rings is 1. The second-order valence-corrected chi connectivity index (χ2v) is 5.29. The first-order valence-electron chi connectivity index (χ1n) is 6.03. The van der Waals surface area contributed by atoms with Gasteiger partial charge in [0, 0.05) is 13.0 Å². The zero-order chi connectivity index (χ0) is 13.2. The molecular formula is C13H13FN4S. The Kier molecular flexibility index (Phi) is 3.27. The number of aromatic nitrogens is 3. The van der Waals surface area contributed by atoms with Gasteiger partial charge in [0.05, 0.1) is 11.9 Å². The predicted molar refractivity (Wildman–Crippen MR) is 72.6 cm³/mol. The molecule has 0 aliphatic carbocycles. The van der Waals surface area contributed by atoms with Gasteiger partial charge in [0.25, 0.3) is 0 Å². The molecule has 0 spiro atoms. The first-order chi connectivity index (χ1) is 9.26. The first kappa shape index (κ1) is 12.3. The molecular weight excluding hydrogens is 263 g/mol. The second-order valence-electron chi connectivity index (χ2n) is 4.25. The summed E-state index contributed by atoms with van der Waals surface area (Å²) in [5.41, 5.74) is 7.07. The molecule has 0 amide bonds. The minimum absolute atomic E-state index is 0.158. The molecule has 2 aromatic heterocycles. The molecule has 98 valence electrons. The summed E-state index contributed by atoms with van der Waals surface area (Å²) in [6.07, 6.45) is 3.19. The highest BCUT2D eigenvalue weighted by Gasteiger charge is 2.08. The van der Waals surface area contributed by atoms with E-state index in [0.29, 0.717) is 19.4 Å². The summed E-state index contributed by atoms with van der Waals surface area (Å²) in [5, 5.41) is 5.37. The zero-order valence-corrected chi connectivity index (χ0v) is 11.0. The molecule has 2 heterocycles. The maximum absolute atomic E-state index is 13.5. The number of rotatable bonds is 4. The lowest BCUT2D eigenvalue weighted by Crippen LogP contribution is -1.97. The Bertz CT molecular complexity index is 672. The summed E-state index contributed by atoms with van der Waals surface area (Å²) >= 11 is 1.52. The van der Waals surface area contributed by atoms with E-state index in [9.17, 15) is 4.39 Å². The van der Waals surface area contributed by atoms with Crippen molar-refractivity contribution < 1.29 is 4.39 Å². The fourth-order valence-corrected chi connectivity index (χ4v) is 2.82. The summed E-state index contributed by atoms with van der Waals surface area (Å²) in [6.45, 7) is 0.417. The average molecular weight is 276 g/mol. The summed E-state index contributed by atoms with van der Waals surface area (Å²) in [6, 6.07) is 6.84. The third-order valence-electron chi connectivity index (χ3n) is 2.91. The molecule has 3 aromatic rings. The topological polar surface area (TPSA) is 56.2 Å². The molecule has 6 heteroatoms. The molecule has 19 heavy (non-hydrogen) atoms. The lowest BCUT2D eigenvalue weighted by atomic mass is 10.1. The first-order valence-corrected chi connectivity index (χ1v) is 6.85. The maximum Gasteiger partial charge on any atom is 0.212 e. The van der Waals surface area contributed by atoms with Crippen LogP contribution in [0.25, 0.3) is 4.96 Å². The van der Waals surface area contributed by atoms with Gasteiger partial charge >= 0.3 is 0 Å². The van der Waals surface area contributed by atoms with Crippen molar-refractivity contribution in [1.29, 1.82) is 0 Å². The standard InChI is InChI=1S/C13H13FN4S/c14-11-4-2-1-3-9(11)5-6-12-17-18-8-10(7-15)16-13(18)19-12/h1-4,8H,5-7,15H2. The molecule has 0 aliphatic heterocycles. The number of benzene rings is 1. The summed E-state index contributed by atoms with van der Waals surface area (Å²) in [4.78, 5) is 5.18. The van der Waals surface area contributed by atoms with Crippen molar-refractivity contribution in [1.82, 2.24) is 14.6 Å². The molecule has 0 saturated carbocycles. The monoisotopic (exact) mass is 276 g/mol. The summed E-state index contributed by atoms with van der Waals surface area (Å²) in [7, 11) is 0. The number of aryl methyl sites for hydroxylation is 2. The Labute approximate surface area is 113 Å². The normalized spacial score (nSPS) is 11.3. The van der Waals surface area contributed by atoms with Crippen LogP contribution in [0.5, 0.6) is 0 Å². The summed E-state index contributed by atoms with van der Waals surface area (Å²) < 4.78 is 15.2. The van der Waals surface area contributed by atoms with Crippen LogP contribution in [-0.2, 0) is 19.4 Å². The van der Waals surface area contributed by atoms with E-state index < -0.39 is 0 Å². The molecule has 0 saturated heterocycles. The van der Waals surface area contributed by atoms with Gasteiger partial charge in [0.15, 0.2) is 0 Å². The van der Waals surface area contributed by atoms with E-state index in [0.717, 1.165) is 21.2 Å². The Hall–Kier alpha value is -1.79. The van der Waals surface area contributed by atoms with Crippen molar-refractivity contribution in [2.75, 3.05) is 0 Å². The molecule has 0 fully saturated rings. The predicted octanol–water partition coefficient (Wildman–Crippen LogP) is 2.17. The van der Waals surface area contributed by atoms with E-state index in [-0.39, 0.29) is 5.82 Å². The third kappa shape index (κ3) is 2.50. The minimum Gasteiger partial charge on any atom is -0.325 e. The van der Waals surface area contributed by atoms with Crippen molar-refractivity contribution in [3.05, 3.63) is 52.5 Å². The van der Waals surface area contributed by atoms with Gasteiger partial charge in [-0.15, -0.1) is 0 Å². The van der Waals surface area contributed by atoms with Crippen LogP contribution in [0.15, 0.2) is 30.5 Å². The third-order valence-corrected chi connectivity index (χ3v) is 3.89. The molecule has 2 N–H and O–H groups in total. The molecule has 3 rings (SSSR count). The molecule has 0 bridgehead atoms. The highest BCUT2D eigenvalue weighted by atomic mass is 32.1. The molecule has 4 nitrogen and oxygen atoms in total. The SMILES string of the molecule is NCc1cn2nc(CCc3ccccc3F)sc2n1. The van der Waals surface area contributed by atoms with Gasteiger partial charge in [-0.05, 0) is 18.1 Å². The van der Waals surface area contributed by atoms with Crippen molar-refractivity contribution >= 4 is 16.3 Å².